The Morgan fingerprint density at radius 2 is 1.88 bits per heavy atom. The molecule has 4 heteroatoms. The molecule has 3 aliphatic rings. The Morgan fingerprint density at radius 3 is 2.59 bits per heavy atom. The van der Waals surface area contributed by atoms with Gasteiger partial charge in [0.2, 0.25) is 5.91 Å². The third-order valence-electron chi connectivity index (χ3n) is 4.25. The minimum atomic E-state index is 0.396. The first-order chi connectivity index (χ1) is 8.33. The van der Waals surface area contributed by atoms with Gasteiger partial charge in [-0.3, -0.25) is 4.79 Å². The predicted molar refractivity (Wildman–Crippen MR) is 66.7 cm³/mol. The van der Waals surface area contributed by atoms with E-state index < -0.39 is 0 Å². The Hall–Kier alpha value is -0.610. The molecule has 3 fully saturated rings. The number of piperazine rings is 1. The van der Waals surface area contributed by atoms with Gasteiger partial charge in [-0.1, -0.05) is 0 Å². The second kappa shape index (κ2) is 4.94. The minimum Gasteiger partial charge on any atom is -0.342 e. The van der Waals surface area contributed by atoms with Crippen LogP contribution in [0, 0.1) is 11.8 Å². The fraction of sp³-hybridized carbons (Fsp3) is 0.923. The average Bonchev–Trinajstić information content (AvgIpc) is 3.11. The maximum absolute atomic E-state index is 11.9. The van der Waals surface area contributed by atoms with Gasteiger partial charge in [-0.05, 0) is 25.2 Å². The number of likely N-dealkylation sites (tertiary alicyclic amines) is 1. The van der Waals surface area contributed by atoms with Gasteiger partial charge in [-0.2, -0.15) is 0 Å². The van der Waals surface area contributed by atoms with Crippen LogP contribution in [-0.4, -0.2) is 61.5 Å². The lowest BCUT2D eigenvalue weighted by atomic mass is 10.1. The van der Waals surface area contributed by atoms with E-state index in [4.69, 9.17) is 0 Å². The van der Waals surface area contributed by atoms with Crippen molar-refractivity contribution < 1.29 is 4.79 Å². The highest BCUT2D eigenvalue weighted by Crippen LogP contribution is 2.32. The highest BCUT2D eigenvalue weighted by molar-refractivity contribution is 5.81. The number of hydrogen-bond donors (Lipinski definition) is 1. The van der Waals surface area contributed by atoms with Crippen molar-refractivity contribution in [1.29, 1.82) is 0 Å². The summed E-state index contributed by atoms with van der Waals surface area (Å²) in [5, 5.41) is 3.38. The topological polar surface area (TPSA) is 35.6 Å². The molecule has 17 heavy (non-hydrogen) atoms. The van der Waals surface area contributed by atoms with Crippen molar-refractivity contribution in [2.45, 2.75) is 19.3 Å². The van der Waals surface area contributed by atoms with Crippen LogP contribution in [0.25, 0.3) is 0 Å². The van der Waals surface area contributed by atoms with Crippen LogP contribution in [0.2, 0.25) is 0 Å². The number of rotatable bonds is 3. The summed E-state index contributed by atoms with van der Waals surface area (Å²) in [6, 6.07) is 0. The zero-order chi connectivity index (χ0) is 11.7. The summed E-state index contributed by atoms with van der Waals surface area (Å²) < 4.78 is 0. The molecule has 2 saturated heterocycles. The summed E-state index contributed by atoms with van der Waals surface area (Å²) in [6.07, 6.45) is 3.48. The number of amides is 1. The molecule has 1 atom stereocenters. The molecule has 1 amide bonds. The smallest absolute Gasteiger partial charge is 0.225 e. The van der Waals surface area contributed by atoms with Gasteiger partial charge in [0.25, 0.3) is 0 Å². The van der Waals surface area contributed by atoms with Gasteiger partial charge >= 0.3 is 0 Å². The number of nitrogens with one attached hydrogen (secondary N) is 1. The molecule has 0 aromatic heterocycles. The molecular weight excluding hydrogens is 214 g/mol. The third-order valence-corrected chi connectivity index (χ3v) is 4.25. The fourth-order valence-corrected chi connectivity index (χ4v) is 3.03. The van der Waals surface area contributed by atoms with Crippen LogP contribution in [0.1, 0.15) is 19.3 Å². The number of carbonyl (C=O) groups excluding carboxylic acids is 1. The first-order valence-corrected chi connectivity index (χ1v) is 7.05. The van der Waals surface area contributed by atoms with Gasteiger partial charge in [-0.25, -0.2) is 0 Å². The zero-order valence-corrected chi connectivity index (χ0v) is 10.5. The Balaban J connectivity index is 1.44. The first-order valence-electron chi connectivity index (χ1n) is 7.05. The van der Waals surface area contributed by atoms with Crippen molar-refractivity contribution in [3.05, 3.63) is 0 Å². The molecule has 3 rings (SSSR count). The van der Waals surface area contributed by atoms with Gasteiger partial charge in [0.1, 0.15) is 0 Å². The monoisotopic (exact) mass is 237 g/mol. The van der Waals surface area contributed by atoms with Crippen LogP contribution in [0.15, 0.2) is 0 Å². The molecule has 0 spiro atoms. The minimum absolute atomic E-state index is 0.396. The lowest BCUT2D eigenvalue weighted by molar-refractivity contribution is -0.131. The summed E-state index contributed by atoms with van der Waals surface area (Å²) in [5.41, 5.74) is 0. The van der Waals surface area contributed by atoms with E-state index in [2.05, 4.69) is 15.1 Å². The van der Waals surface area contributed by atoms with Crippen molar-refractivity contribution >= 4 is 5.91 Å². The quantitative estimate of drug-likeness (QED) is 0.759. The van der Waals surface area contributed by atoms with E-state index in [1.165, 1.54) is 26.1 Å². The Morgan fingerprint density at radius 1 is 1.12 bits per heavy atom. The number of hydrogen-bond acceptors (Lipinski definition) is 3. The van der Waals surface area contributed by atoms with Gasteiger partial charge in [0, 0.05) is 51.7 Å². The van der Waals surface area contributed by atoms with E-state index in [0.717, 1.165) is 44.9 Å². The molecule has 2 aliphatic heterocycles. The number of carbonyl (C=O) groups is 1. The SMILES string of the molecule is O=C(C1CC1)N1CCC(CN2CCNCC2)C1. The molecule has 1 saturated carbocycles. The van der Waals surface area contributed by atoms with Crippen LogP contribution in [-0.2, 0) is 4.79 Å². The molecule has 0 aromatic carbocycles. The van der Waals surface area contributed by atoms with Crippen LogP contribution < -0.4 is 5.32 Å². The van der Waals surface area contributed by atoms with E-state index in [1.54, 1.807) is 0 Å². The molecule has 2 heterocycles. The van der Waals surface area contributed by atoms with Crippen molar-refractivity contribution in [1.82, 2.24) is 15.1 Å². The van der Waals surface area contributed by atoms with Crippen LogP contribution in [0.3, 0.4) is 0 Å². The summed E-state index contributed by atoms with van der Waals surface area (Å²) in [4.78, 5) is 16.6. The van der Waals surface area contributed by atoms with Crippen LogP contribution in [0.5, 0.6) is 0 Å². The van der Waals surface area contributed by atoms with Gasteiger partial charge in [-0.15, -0.1) is 0 Å². The molecule has 0 bridgehead atoms. The van der Waals surface area contributed by atoms with Gasteiger partial charge in [0.15, 0.2) is 0 Å². The molecule has 1 unspecified atom stereocenters. The Kier molecular flexibility index (Phi) is 3.34. The van der Waals surface area contributed by atoms with Crippen LogP contribution in [0.4, 0.5) is 0 Å². The second-order valence-corrected chi connectivity index (χ2v) is 5.76. The van der Waals surface area contributed by atoms with E-state index in [9.17, 15) is 4.79 Å². The summed E-state index contributed by atoms with van der Waals surface area (Å²) in [5.74, 6) is 1.55. The molecule has 1 N–H and O–H groups in total. The second-order valence-electron chi connectivity index (χ2n) is 5.76. The van der Waals surface area contributed by atoms with Crippen molar-refractivity contribution in [2.75, 3.05) is 45.8 Å². The molecular formula is C13H23N3O. The largest absolute Gasteiger partial charge is 0.342 e. The normalized spacial score (nSPS) is 30.8. The third kappa shape index (κ3) is 2.80. The van der Waals surface area contributed by atoms with Crippen molar-refractivity contribution in [3.63, 3.8) is 0 Å². The maximum Gasteiger partial charge on any atom is 0.225 e. The van der Waals surface area contributed by atoms with Crippen molar-refractivity contribution in [2.24, 2.45) is 11.8 Å². The highest BCUT2D eigenvalue weighted by Gasteiger charge is 2.36. The number of nitrogens with zero attached hydrogens (tertiary/aromatic N) is 2. The maximum atomic E-state index is 11.9. The van der Waals surface area contributed by atoms with E-state index in [-0.39, 0.29) is 0 Å². The predicted octanol–water partition coefficient (Wildman–Crippen LogP) is 0.150. The molecule has 4 nitrogen and oxygen atoms in total. The molecule has 96 valence electrons. The molecule has 0 radical (unpaired) electrons. The van der Waals surface area contributed by atoms with Gasteiger partial charge < -0.3 is 15.1 Å². The lowest BCUT2D eigenvalue weighted by Gasteiger charge is -2.29. The Labute approximate surface area is 103 Å². The lowest BCUT2D eigenvalue weighted by Crippen LogP contribution is -2.45. The molecule has 1 aliphatic carbocycles. The van der Waals surface area contributed by atoms with E-state index >= 15 is 0 Å². The van der Waals surface area contributed by atoms with Gasteiger partial charge in [0.05, 0.1) is 0 Å². The first kappa shape index (κ1) is 11.5. The summed E-state index contributed by atoms with van der Waals surface area (Å²) in [7, 11) is 0. The fourth-order valence-electron chi connectivity index (χ4n) is 3.03. The summed E-state index contributed by atoms with van der Waals surface area (Å²) >= 11 is 0. The molecule has 0 aromatic rings. The zero-order valence-electron chi connectivity index (χ0n) is 10.5. The highest BCUT2D eigenvalue weighted by atomic mass is 16.2. The standard InChI is InChI=1S/C13H23N3O/c17-13(12-1-2-12)16-6-3-11(10-16)9-15-7-4-14-5-8-15/h11-12,14H,1-10H2. The Bertz CT molecular complexity index is 284. The van der Waals surface area contributed by atoms with E-state index in [1.807, 2.05) is 0 Å². The average molecular weight is 237 g/mol. The van der Waals surface area contributed by atoms with Crippen molar-refractivity contribution in [3.8, 4) is 0 Å². The van der Waals surface area contributed by atoms with E-state index in [0.29, 0.717) is 11.8 Å². The van der Waals surface area contributed by atoms with Crippen LogP contribution >= 0.6 is 0 Å². The summed E-state index contributed by atoms with van der Waals surface area (Å²) in [6.45, 7) is 7.80.